The summed E-state index contributed by atoms with van der Waals surface area (Å²) in [5.41, 5.74) is 1.97. The molecule has 2 N–H and O–H groups in total. The van der Waals surface area contributed by atoms with Crippen molar-refractivity contribution in [3.63, 3.8) is 0 Å². The molecular weight excluding hydrogens is 368 g/mol. The highest BCUT2D eigenvalue weighted by Crippen LogP contribution is 2.54. The number of hydrogen-bond donors (Lipinski definition) is 2. The van der Waals surface area contributed by atoms with Gasteiger partial charge in [-0.2, -0.15) is 0 Å². The number of methoxy groups -OCH3 is 6. The molecule has 8 nitrogen and oxygen atoms in total. The Morgan fingerprint density at radius 2 is 0.857 bits per heavy atom. The predicted octanol–water partition coefficient (Wildman–Crippen LogP) is 2.39. The van der Waals surface area contributed by atoms with Gasteiger partial charge in [-0.1, -0.05) is 0 Å². The highest BCUT2D eigenvalue weighted by molar-refractivity contribution is 5.88. The van der Waals surface area contributed by atoms with E-state index in [1.807, 2.05) is 0 Å². The molecule has 0 fully saturated rings. The van der Waals surface area contributed by atoms with Crippen LogP contribution in [-0.2, 0) is 13.2 Å². The van der Waals surface area contributed by atoms with Crippen LogP contribution >= 0.6 is 0 Å². The zero-order chi connectivity index (χ0) is 20.8. The van der Waals surface area contributed by atoms with Crippen LogP contribution in [0.1, 0.15) is 11.1 Å². The Balaban J connectivity index is 3.06. The van der Waals surface area contributed by atoms with Crippen molar-refractivity contribution in [3.8, 4) is 45.6 Å². The normalized spacial score (nSPS) is 10.4. The fourth-order valence-electron chi connectivity index (χ4n) is 3.21. The second-order valence-corrected chi connectivity index (χ2v) is 5.68. The Labute approximate surface area is 164 Å². The molecule has 0 atom stereocenters. The summed E-state index contributed by atoms with van der Waals surface area (Å²) in [6.07, 6.45) is 0. The lowest BCUT2D eigenvalue weighted by Crippen LogP contribution is -2.06. The first-order valence-corrected chi connectivity index (χ1v) is 8.42. The molecule has 0 aromatic heterocycles. The van der Waals surface area contributed by atoms with Crippen LogP contribution < -0.4 is 28.4 Å². The highest BCUT2D eigenvalue weighted by atomic mass is 16.5. The quantitative estimate of drug-likeness (QED) is 0.669. The van der Waals surface area contributed by atoms with Gasteiger partial charge < -0.3 is 38.6 Å². The molecule has 0 amide bonds. The molecule has 0 aliphatic heterocycles. The van der Waals surface area contributed by atoms with E-state index in [-0.39, 0.29) is 13.2 Å². The Hall–Kier alpha value is -2.84. The van der Waals surface area contributed by atoms with E-state index in [9.17, 15) is 10.2 Å². The van der Waals surface area contributed by atoms with Crippen LogP contribution in [0, 0.1) is 0 Å². The molecule has 28 heavy (non-hydrogen) atoms. The molecule has 0 bridgehead atoms. The fraction of sp³-hybridized carbons (Fsp3) is 0.400. The van der Waals surface area contributed by atoms with E-state index in [0.717, 1.165) is 0 Å². The van der Waals surface area contributed by atoms with Gasteiger partial charge in [0.25, 0.3) is 0 Å². The Bertz CT molecular complexity index is 762. The molecule has 0 radical (unpaired) electrons. The first kappa shape index (κ1) is 21.5. The molecule has 8 heteroatoms. The van der Waals surface area contributed by atoms with Gasteiger partial charge in [-0.05, 0) is 23.3 Å². The number of aliphatic hydroxyl groups is 2. The summed E-state index contributed by atoms with van der Waals surface area (Å²) in [7, 11) is 8.92. The van der Waals surface area contributed by atoms with Crippen molar-refractivity contribution in [3.05, 3.63) is 23.3 Å². The van der Waals surface area contributed by atoms with Crippen molar-refractivity contribution in [2.75, 3.05) is 42.7 Å². The summed E-state index contributed by atoms with van der Waals surface area (Å²) in [5, 5.41) is 20.1. The predicted molar refractivity (Wildman–Crippen MR) is 103 cm³/mol. The van der Waals surface area contributed by atoms with Crippen LogP contribution in [0.15, 0.2) is 12.1 Å². The van der Waals surface area contributed by atoms with Gasteiger partial charge in [0.2, 0.25) is 11.5 Å². The Kier molecular flexibility index (Phi) is 7.19. The Morgan fingerprint density at radius 1 is 0.536 bits per heavy atom. The molecular formula is C20H26O8. The van der Waals surface area contributed by atoms with Crippen molar-refractivity contribution in [2.45, 2.75) is 13.2 Å². The fourth-order valence-corrected chi connectivity index (χ4v) is 3.21. The molecule has 0 spiro atoms. The van der Waals surface area contributed by atoms with E-state index in [4.69, 9.17) is 28.4 Å². The van der Waals surface area contributed by atoms with E-state index in [1.165, 1.54) is 42.7 Å². The summed E-state index contributed by atoms with van der Waals surface area (Å²) in [6, 6.07) is 3.29. The molecule has 154 valence electrons. The summed E-state index contributed by atoms with van der Waals surface area (Å²) < 4.78 is 32.9. The minimum absolute atomic E-state index is 0.311. The van der Waals surface area contributed by atoms with Crippen LogP contribution in [-0.4, -0.2) is 52.9 Å². The first-order chi connectivity index (χ1) is 13.6. The SMILES string of the molecule is COc1cc(CO)c(-c2c(CO)cc(OC)c(OC)c2OC)c(OC)c1OC. The minimum Gasteiger partial charge on any atom is -0.493 e. The van der Waals surface area contributed by atoms with Gasteiger partial charge in [-0.25, -0.2) is 0 Å². The third-order valence-electron chi connectivity index (χ3n) is 4.41. The lowest BCUT2D eigenvalue weighted by molar-refractivity contribution is 0.275. The zero-order valence-corrected chi connectivity index (χ0v) is 16.9. The molecule has 0 heterocycles. The van der Waals surface area contributed by atoms with Crippen LogP contribution in [0.25, 0.3) is 11.1 Å². The Morgan fingerprint density at radius 3 is 1.07 bits per heavy atom. The van der Waals surface area contributed by atoms with Gasteiger partial charge in [0.05, 0.1) is 55.9 Å². The first-order valence-electron chi connectivity index (χ1n) is 8.42. The number of rotatable bonds is 9. The largest absolute Gasteiger partial charge is 0.493 e. The topological polar surface area (TPSA) is 95.8 Å². The summed E-state index contributed by atoms with van der Waals surface area (Å²) >= 11 is 0. The van der Waals surface area contributed by atoms with Gasteiger partial charge in [0.1, 0.15) is 0 Å². The maximum absolute atomic E-state index is 10.0. The van der Waals surface area contributed by atoms with E-state index in [1.54, 1.807) is 12.1 Å². The number of hydrogen-bond acceptors (Lipinski definition) is 8. The monoisotopic (exact) mass is 394 g/mol. The summed E-state index contributed by atoms with van der Waals surface area (Å²) in [4.78, 5) is 0. The van der Waals surface area contributed by atoms with Crippen molar-refractivity contribution in [1.82, 2.24) is 0 Å². The number of aliphatic hydroxyl groups excluding tert-OH is 2. The second kappa shape index (κ2) is 9.38. The maximum Gasteiger partial charge on any atom is 0.203 e. The second-order valence-electron chi connectivity index (χ2n) is 5.68. The third kappa shape index (κ3) is 3.48. The number of ether oxygens (including phenoxy) is 6. The summed E-state index contributed by atoms with van der Waals surface area (Å²) in [5.74, 6) is 2.14. The van der Waals surface area contributed by atoms with Gasteiger partial charge in [0.15, 0.2) is 23.0 Å². The van der Waals surface area contributed by atoms with Gasteiger partial charge in [0, 0.05) is 11.1 Å². The van der Waals surface area contributed by atoms with Crippen LogP contribution in [0.2, 0.25) is 0 Å². The van der Waals surface area contributed by atoms with Crippen LogP contribution in [0.4, 0.5) is 0 Å². The van der Waals surface area contributed by atoms with Gasteiger partial charge in [-0.3, -0.25) is 0 Å². The zero-order valence-electron chi connectivity index (χ0n) is 16.9. The minimum atomic E-state index is -0.311. The van der Waals surface area contributed by atoms with E-state index in [2.05, 4.69) is 0 Å². The van der Waals surface area contributed by atoms with E-state index in [0.29, 0.717) is 56.8 Å². The molecule has 0 saturated carbocycles. The van der Waals surface area contributed by atoms with Crippen molar-refractivity contribution in [2.24, 2.45) is 0 Å². The van der Waals surface area contributed by atoms with E-state index < -0.39 is 0 Å². The number of benzene rings is 2. The van der Waals surface area contributed by atoms with Crippen LogP contribution in [0.5, 0.6) is 34.5 Å². The van der Waals surface area contributed by atoms with Crippen molar-refractivity contribution in [1.29, 1.82) is 0 Å². The molecule has 0 saturated heterocycles. The van der Waals surface area contributed by atoms with Gasteiger partial charge in [-0.15, -0.1) is 0 Å². The van der Waals surface area contributed by atoms with Crippen LogP contribution in [0.3, 0.4) is 0 Å². The maximum atomic E-state index is 10.0. The highest BCUT2D eigenvalue weighted by Gasteiger charge is 2.29. The molecule has 0 aliphatic rings. The molecule has 2 aromatic carbocycles. The molecule has 2 aromatic rings. The molecule has 0 aliphatic carbocycles. The smallest absolute Gasteiger partial charge is 0.203 e. The standard InChI is InChI=1S/C20H26O8/c1-23-13-7-11(9-21)15(19(27-5)17(13)25-3)16-12(10-22)8-14(24-2)18(26-4)20(16)28-6/h7-8,21-22H,9-10H2,1-6H3. The molecule has 0 unspecified atom stereocenters. The average Bonchev–Trinajstić information content (AvgIpc) is 2.75. The third-order valence-corrected chi connectivity index (χ3v) is 4.41. The van der Waals surface area contributed by atoms with Crippen molar-refractivity contribution < 1.29 is 38.6 Å². The molecule has 2 rings (SSSR count). The lowest BCUT2D eigenvalue weighted by Gasteiger charge is -2.24. The van der Waals surface area contributed by atoms with Gasteiger partial charge >= 0.3 is 0 Å². The van der Waals surface area contributed by atoms with E-state index >= 15 is 0 Å². The lowest BCUT2D eigenvalue weighted by atomic mass is 9.92. The van der Waals surface area contributed by atoms with Crippen molar-refractivity contribution >= 4 is 0 Å². The average molecular weight is 394 g/mol. The summed E-state index contributed by atoms with van der Waals surface area (Å²) in [6.45, 7) is -0.622.